The van der Waals surface area contributed by atoms with Crippen LogP contribution in [0.5, 0.6) is 0 Å². The molecule has 0 bridgehead atoms. The molecule has 1 heterocycles. The minimum atomic E-state index is -0.775. The van der Waals surface area contributed by atoms with Crippen LogP contribution in [-0.4, -0.2) is 30.2 Å². The largest absolute Gasteiger partial charge is 0.461 e. The number of benzene rings is 3. The highest BCUT2D eigenvalue weighted by Crippen LogP contribution is 2.38. The molecule has 3 aromatic carbocycles. The summed E-state index contributed by atoms with van der Waals surface area (Å²) in [6, 6.07) is 30.4. The van der Waals surface area contributed by atoms with E-state index in [2.05, 4.69) is 55.6 Å². The lowest BCUT2D eigenvalue weighted by molar-refractivity contribution is -0.190. The minimum Gasteiger partial charge on any atom is -0.461 e. The van der Waals surface area contributed by atoms with Gasteiger partial charge in [-0.25, -0.2) is 0 Å². The molecule has 4 rings (SSSR count). The third-order valence-electron chi connectivity index (χ3n) is 10.2. The maximum atomic E-state index is 14.0. The van der Waals surface area contributed by atoms with Crippen LogP contribution in [0.2, 0.25) is 0 Å². The van der Waals surface area contributed by atoms with E-state index in [0.717, 1.165) is 55.2 Å². The van der Waals surface area contributed by atoms with E-state index in [4.69, 9.17) is 9.47 Å². The third kappa shape index (κ3) is 11.3. The molecule has 1 aliphatic rings. The number of carbonyl (C=O) groups excluding carboxylic acids is 2. The molecule has 0 spiro atoms. The Morgan fingerprint density at radius 1 is 0.694 bits per heavy atom. The van der Waals surface area contributed by atoms with Gasteiger partial charge in [0.2, 0.25) is 0 Å². The Morgan fingerprint density at radius 3 is 1.61 bits per heavy atom. The first-order chi connectivity index (χ1) is 24.0. The number of unbranched alkanes of at least 4 members (excludes halogenated alkanes) is 11. The van der Waals surface area contributed by atoms with Gasteiger partial charge in [0.15, 0.2) is 0 Å². The molecule has 0 aliphatic carbocycles. The standard InChI is InChI=1S/C44H61NO4/c1-4-6-8-10-11-12-14-25-33-40-41(49-43(40)47)34-39(32-24-13-9-7-5-2)48-42(46)35(3)45-44(36-26-18-15-19-27-36,37-28-20-16-21-29-37)38-30-22-17-23-31-38/h15-23,26-31,35,39-41,45H,4-14,24-25,32-34H2,1-3H3/t35-,39-,40-,41-/m0/s1. The molecule has 1 fully saturated rings. The van der Waals surface area contributed by atoms with Crippen LogP contribution in [0.15, 0.2) is 91.0 Å². The van der Waals surface area contributed by atoms with Crippen molar-refractivity contribution in [2.75, 3.05) is 0 Å². The molecule has 266 valence electrons. The van der Waals surface area contributed by atoms with Gasteiger partial charge in [-0.15, -0.1) is 0 Å². The first-order valence-electron chi connectivity index (χ1n) is 19.3. The molecule has 0 aromatic heterocycles. The Hall–Kier alpha value is -3.44. The van der Waals surface area contributed by atoms with Gasteiger partial charge in [-0.05, 0) is 42.9 Å². The summed E-state index contributed by atoms with van der Waals surface area (Å²) in [7, 11) is 0. The number of carbonyl (C=O) groups is 2. The molecular formula is C44H61NO4. The predicted molar refractivity (Wildman–Crippen MR) is 200 cm³/mol. The Labute approximate surface area is 296 Å². The van der Waals surface area contributed by atoms with E-state index < -0.39 is 11.6 Å². The van der Waals surface area contributed by atoms with Crippen molar-refractivity contribution in [2.24, 2.45) is 5.92 Å². The van der Waals surface area contributed by atoms with Gasteiger partial charge in [0.05, 0.1) is 11.5 Å². The summed E-state index contributed by atoms with van der Waals surface area (Å²) in [6.07, 6.45) is 17.4. The lowest BCUT2D eigenvalue weighted by atomic mass is 9.76. The van der Waals surface area contributed by atoms with Crippen LogP contribution in [0, 0.1) is 5.92 Å². The lowest BCUT2D eigenvalue weighted by Gasteiger charge is -2.39. The fourth-order valence-corrected chi connectivity index (χ4v) is 7.34. The van der Waals surface area contributed by atoms with E-state index in [1.165, 1.54) is 57.8 Å². The second kappa shape index (κ2) is 20.9. The monoisotopic (exact) mass is 667 g/mol. The van der Waals surface area contributed by atoms with Crippen LogP contribution in [0.25, 0.3) is 0 Å². The summed E-state index contributed by atoms with van der Waals surface area (Å²) < 4.78 is 12.1. The number of hydrogen-bond donors (Lipinski definition) is 1. The van der Waals surface area contributed by atoms with Crippen LogP contribution in [0.4, 0.5) is 0 Å². The summed E-state index contributed by atoms with van der Waals surface area (Å²) in [4.78, 5) is 26.6. The van der Waals surface area contributed by atoms with Gasteiger partial charge in [0.1, 0.15) is 18.2 Å². The summed E-state index contributed by atoms with van der Waals surface area (Å²) in [5, 5.41) is 3.76. The highest BCUT2D eigenvalue weighted by Gasteiger charge is 2.44. The maximum absolute atomic E-state index is 14.0. The average Bonchev–Trinajstić information content (AvgIpc) is 3.13. The van der Waals surface area contributed by atoms with Crippen molar-refractivity contribution >= 4 is 11.9 Å². The van der Waals surface area contributed by atoms with E-state index in [-0.39, 0.29) is 30.1 Å². The Morgan fingerprint density at radius 2 is 1.14 bits per heavy atom. The van der Waals surface area contributed by atoms with Gasteiger partial charge >= 0.3 is 11.9 Å². The number of nitrogens with one attached hydrogen (secondary N) is 1. The molecular weight excluding hydrogens is 606 g/mol. The zero-order chi connectivity index (χ0) is 34.7. The van der Waals surface area contributed by atoms with Crippen LogP contribution in [0.3, 0.4) is 0 Å². The zero-order valence-electron chi connectivity index (χ0n) is 30.4. The fraction of sp³-hybridized carbons (Fsp3) is 0.545. The van der Waals surface area contributed by atoms with Crippen molar-refractivity contribution in [3.63, 3.8) is 0 Å². The molecule has 1 N–H and O–H groups in total. The molecule has 5 nitrogen and oxygen atoms in total. The van der Waals surface area contributed by atoms with Gasteiger partial charge in [-0.3, -0.25) is 14.9 Å². The topological polar surface area (TPSA) is 64.6 Å². The van der Waals surface area contributed by atoms with Crippen molar-refractivity contribution in [3.05, 3.63) is 108 Å². The fourth-order valence-electron chi connectivity index (χ4n) is 7.34. The van der Waals surface area contributed by atoms with E-state index in [0.29, 0.717) is 6.42 Å². The minimum absolute atomic E-state index is 0.0844. The maximum Gasteiger partial charge on any atom is 0.323 e. The summed E-state index contributed by atoms with van der Waals surface area (Å²) in [6.45, 7) is 6.37. The SMILES string of the molecule is CCCCCCCCCC[C@@H]1C(=O)O[C@H]1C[C@H](CCCCCCC)OC(=O)[C@H](C)NC(c1ccccc1)(c1ccccc1)c1ccccc1. The van der Waals surface area contributed by atoms with Gasteiger partial charge in [0, 0.05) is 6.42 Å². The highest BCUT2D eigenvalue weighted by molar-refractivity contribution is 5.78. The highest BCUT2D eigenvalue weighted by atomic mass is 16.6. The van der Waals surface area contributed by atoms with Crippen molar-refractivity contribution in [2.45, 2.75) is 147 Å². The molecule has 1 aliphatic heterocycles. The summed E-state index contributed by atoms with van der Waals surface area (Å²) >= 11 is 0. The van der Waals surface area contributed by atoms with Crippen LogP contribution < -0.4 is 5.32 Å². The van der Waals surface area contributed by atoms with E-state index in [1.807, 2.05) is 61.5 Å². The molecule has 4 atom stereocenters. The van der Waals surface area contributed by atoms with Crippen LogP contribution >= 0.6 is 0 Å². The smallest absolute Gasteiger partial charge is 0.323 e. The first-order valence-corrected chi connectivity index (χ1v) is 19.3. The Kier molecular flexibility index (Phi) is 16.4. The Bertz CT molecular complexity index is 1250. The summed E-state index contributed by atoms with van der Waals surface area (Å²) in [5.74, 6) is -0.454. The van der Waals surface area contributed by atoms with E-state index in [1.54, 1.807) is 0 Å². The molecule has 0 saturated carbocycles. The van der Waals surface area contributed by atoms with E-state index in [9.17, 15) is 9.59 Å². The molecule has 5 heteroatoms. The van der Waals surface area contributed by atoms with Crippen molar-refractivity contribution in [3.8, 4) is 0 Å². The number of hydrogen-bond acceptors (Lipinski definition) is 5. The van der Waals surface area contributed by atoms with Gasteiger partial charge in [-0.1, -0.05) is 182 Å². The quantitative estimate of drug-likeness (QED) is 0.0585. The third-order valence-corrected chi connectivity index (χ3v) is 10.2. The molecule has 1 saturated heterocycles. The van der Waals surface area contributed by atoms with Gasteiger partial charge in [-0.2, -0.15) is 0 Å². The van der Waals surface area contributed by atoms with Crippen molar-refractivity contribution < 1.29 is 19.1 Å². The lowest BCUT2D eigenvalue weighted by Crippen LogP contribution is -2.52. The zero-order valence-corrected chi connectivity index (χ0v) is 30.4. The molecule has 0 amide bonds. The van der Waals surface area contributed by atoms with Crippen LogP contribution in [0.1, 0.15) is 140 Å². The second-order valence-electron chi connectivity index (χ2n) is 14.1. The normalized spacial score (nSPS) is 17.2. The number of ether oxygens (including phenoxy) is 2. The Balaban J connectivity index is 1.46. The molecule has 0 unspecified atom stereocenters. The molecule has 3 aromatic rings. The number of cyclic esters (lactones) is 1. The predicted octanol–water partition coefficient (Wildman–Crippen LogP) is 10.7. The molecule has 49 heavy (non-hydrogen) atoms. The van der Waals surface area contributed by atoms with Gasteiger partial charge < -0.3 is 9.47 Å². The summed E-state index contributed by atoms with van der Waals surface area (Å²) in [5.41, 5.74) is 2.36. The second-order valence-corrected chi connectivity index (χ2v) is 14.1. The average molecular weight is 668 g/mol. The van der Waals surface area contributed by atoms with E-state index >= 15 is 0 Å². The van der Waals surface area contributed by atoms with Gasteiger partial charge in [0.25, 0.3) is 0 Å². The first kappa shape index (κ1) is 38.4. The van der Waals surface area contributed by atoms with Crippen molar-refractivity contribution in [1.82, 2.24) is 5.32 Å². The number of rotatable bonds is 24. The van der Waals surface area contributed by atoms with Crippen molar-refractivity contribution in [1.29, 1.82) is 0 Å². The van der Waals surface area contributed by atoms with Crippen LogP contribution in [-0.2, 0) is 24.6 Å². The number of esters is 2. The molecule has 0 radical (unpaired) electrons.